The number of carbonyl (C=O) groups excluding carboxylic acids is 2. The molecule has 0 atom stereocenters. The molecule has 0 unspecified atom stereocenters. The first-order valence-electron chi connectivity index (χ1n) is 3.99. The van der Waals surface area contributed by atoms with Crippen LogP contribution < -0.4 is 20.8 Å². The molecule has 0 saturated heterocycles. The van der Waals surface area contributed by atoms with Crippen molar-refractivity contribution in [3.05, 3.63) is 25.3 Å². The van der Waals surface area contributed by atoms with Crippen molar-refractivity contribution >= 4 is 12.2 Å². The van der Waals surface area contributed by atoms with Gasteiger partial charge in [-0.3, -0.25) is 0 Å². The summed E-state index contributed by atoms with van der Waals surface area (Å²) in [6.45, 7) is 7.06. The summed E-state index contributed by atoms with van der Waals surface area (Å²) in [5.41, 5.74) is 0. The molecular formula is C8H12MoN2O6. The first kappa shape index (κ1) is 20.7. The van der Waals surface area contributed by atoms with Crippen LogP contribution in [0.4, 0.5) is 9.59 Å². The van der Waals surface area contributed by atoms with Gasteiger partial charge < -0.3 is 30.4 Å². The molecule has 0 aromatic heterocycles. The Morgan fingerprint density at radius 1 is 1.00 bits per heavy atom. The van der Waals surface area contributed by atoms with E-state index in [1.165, 1.54) is 12.2 Å². The Balaban J connectivity index is -0.000000188. The summed E-state index contributed by atoms with van der Waals surface area (Å²) in [5, 5.41) is 22.9. The Morgan fingerprint density at radius 3 is 1.29 bits per heavy atom. The van der Waals surface area contributed by atoms with Crippen LogP contribution in [0.25, 0.3) is 0 Å². The van der Waals surface area contributed by atoms with E-state index >= 15 is 0 Å². The van der Waals surface area contributed by atoms with Crippen LogP contribution >= 0.6 is 0 Å². The molecule has 17 heavy (non-hydrogen) atoms. The third kappa shape index (κ3) is 54.5. The van der Waals surface area contributed by atoms with E-state index in [0.717, 1.165) is 0 Å². The molecule has 2 N–H and O–H groups in total. The zero-order valence-electron chi connectivity index (χ0n) is 8.84. The maximum absolute atomic E-state index is 9.49. The van der Waals surface area contributed by atoms with E-state index in [0.29, 0.717) is 0 Å². The van der Waals surface area contributed by atoms with Crippen LogP contribution in [0.2, 0.25) is 0 Å². The number of hydrogen-bond acceptors (Lipinski definition) is 6. The normalized spacial score (nSPS) is 6.59. The van der Waals surface area contributed by atoms with E-state index in [1.54, 1.807) is 0 Å². The van der Waals surface area contributed by atoms with Gasteiger partial charge in [-0.15, -0.1) is 13.2 Å². The average Bonchev–Trinajstić information content (AvgIpc) is 2.25. The summed E-state index contributed by atoms with van der Waals surface area (Å²) < 4.78 is 17.0. The zero-order valence-corrected chi connectivity index (χ0v) is 10.8. The Hall–Kier alpha value is -1.69. The molecule has 2 amide bonds. The molecule has 0 heterocycles. The average molecular weight is 328 g/mol. The van der Waals surface area contributed by atoms with Crippen molar-refractivity contribution in [1.29, 1.82) is 0 Å². The van der Waals surface area contributed by atoms with Gasteiger partial charge >= 0.3 is 25.3 Å². The van der Waals surface area contributed by atoms with Gasteiger partial charge in [0.2, 0.25) is 0 Å². The quantitative estimate of drug-likeness (QED) is 0.451. The number of hydrogen-bond donors (Lipinski definition) is 2. The third-order valence-corrected chi connectivity index (χ3v) is 0.781. The van der Waals surface area contributed by atoms with E-state index in [2.05, 4.69) is 13.2 Å². The Labute approximate surface area is 107 Å². The second kappa shape index (κ2) is 19.8. The van der Waals surface area contributed by atoms with Crippen LogP contribution in [0, 0.1) is 0 Å². The van der Waals surface area contributed by atoms with Gasteiger partial charge in [0, 0.05) is 13.1 Å². The molecule has 0 aromatic rings. The second-order valence-corrected chi connectivity index (χ2v) is 2.32. The van der Waals surface area contributed by atoms with Gasteiger partial charge in [0.05, 0.1) is 0 Å². The zero-order chi connectivity index (χ0) is 14.1. The molecule has 0 spiro atoms. The fourth-order valence-corrected chi connectivity index (χ4v) is 0.311. The number of rotatable bonds is 4. The predicted octanol–water partition coefficient (Wildman–Crippen LogP) is -2.03. The van der Waals surface area contributed by atoms with Gasteiger partial charge in [0.25, 0.3) is 0 Å². The fourth-order valence-electron chi connectivity index (χ4n) is 0.311. The van der Waals surface area contributed by atoms with Crippen molar-refractivity contribution in [2.45, 2.75) is 0 Å². The third-order valence-electron chi connectivity index (χ3n) is 0.781. The minimum atomic E-state index is -2.03. The van der Waals surface area contributed by atoms with E-state index in [9.17, 15) is 19.8 Å². The minimum absolute atomic E-state index is 0.252. The fraction of sp³-hybridized carbons (Fsp3) is 0.250. The molecular weight excluding hydrogens is 316 g/mol. The number of carbonyl (C=O) groups is 2. The molecule has 0 bridgehead atoms. The number of nitrogens with one attached hydrogen (secondary N) is 2. The molecule has 0 saturated carbocycles. The van der Waals surface area contributed by atoms with Crippen molar-refractivity contribution in [1.82, 2.24) is 10.6 Å². The van der Waals surface area contributed by atoms with Crippen molar-refractivity contribution in [3.8, 4) is 0 Å². The van der Waals surface area contributed by atoms with E-state index in [-0.39, 0.29) is 13.1 Å². The summed E-state index contributed by atoms with van der Waals surface area (Å²) in [7, 11) is 0. The van der Waals surface area contributed by atoms with E-state index in [1.807, 2.05) is 10.6 Å². The molecule has 0 rings (SSSR count). The van der Waals surface area contributed by atoms with Crippen molar-refractivity contribution in [2.24, 2.45) is 0 Å². The Morgan fingerprint density at radius 2 is 1.24 bits per heavy atom. The second-order valence-electron chi connectivity index (χ2n) is 1.98. The molecule has 0 aromatic carbocycles. The molecule has 8 nitrogen and oxygen atoms in total. The first-order valence-corrected chi connectivity index (χ1v) is 5.63. The van der Waals surface area contributed by atoms with E-state index in [4.69, 9.17) is 6.80 Å². The van der Waals surface area contributed by atoms with Crippen molar-refractivity contribution in [2.75, 3.05) is 13.1 Å². The van der Waals surface area contributed by atoms with Crippen LogP contribution in [0.1, 0.15) is 0 Å². The molecule has 0 radical (unpaired) electrons. The van der Waals surface area contributed by atoms with Crippen LogP contribution in [0.5, 0.6) is 0 Å². The Kier molecular flexibility index (Phi) is 24.1. The van der Waals surface area contributed by atoms with Crippen molar-refractivity contribution in [3.63, 3.8) is 0 Å². The number of amides is 2. The molecule has 9 heteroatoms. The van der Waals surface area contributed by atoms with Gasteiger partial charge in [0.15, 0.2) is 0 Å². The van der Waals surface area contributed by atoms with E-state index < -0.39 is 30.7 Å². The summed E-state index contributed by atoms with van der Waals surface area (Å²) in [4.78, 5) is 19.0. The summed E-state index contributed by atoms with van der Waals surface area (Å²) in [6, 6.07) is 0. The topological polar surface area (TPSA) is 138 Å². The van der Waals surface area contributed by atoms with Gasteiger partial charge in [-0.2, -0.15) is 0 Å². The molecule has 0 aliphatic rings. The summed E-state index contributed by atoms with van der Waals surface area (Å²) >= 11 is -2.03. The van der Waals surface area contributed by atoms with Gasteiger partial charge in [0.1, 0.15) is 12.2 Å². The molecule has 0 fully saturated rings. The molecule has 0 aliphatic heterocycles. The van der Waals surface area contributed by atoms with Crippen LogP contribution in [-0.4, -0.2) is 25.3 Å². The molecule has 96 valence electrons. The number of carboxylic acid groups (broad SMARTS) is 2. The standard InChI is InChI=1S/2C4H7NO2.Mo.2O/c2*1-2-3-5-4(6)7;;;/h2*2,5H,1,3H2,(H,6,7);;;/q;;+2;;/p-2. The van der Waals surface area contributed by atoms with Crippen molar-refractivity contribution < 1.29 is 45.1 Å². The molecule has 0 aliphatic carbocycles. The van der Waals surface area contributed by atoms with Crippen LogP contribution in [-0.2, 0) is 25.3 Å². The van der Waals surface area contributed by atoms with Gasteiger partial charge in [-0.1, -0.05) is 12.2 Å². The first-order chi connectivity index (χ1) is 7.95. The monoisotopic (exact) mass is 330 g/mol. The summed E-state index contributed by atoms with van der Waals surface area (Å²) in [6.07, 6.45) is 0.353. The van der Waals surface area contributed by atoms with Gasteiger partial charge in [-0.05, 0) is 0 Å². The summed E-state index contributed by atoms with van der Waals surface area (Å²) in [5.74, 6) is 0. The maximum atomic E-state index is 9.49. The Bertz CT molecular complexity index is 253. The SMILES string of the molecule is C=CCNC(=O)[O-].C=CCNC(=O)[O-].[O]=[Mo+2]=[O]. The van der Waals surface area contributed by atoms with Crippen LogP contribution in [0.3, 0.4) is 0 Å². The van der Waals surface area contributed by atoms with Gasteiger partial charge in [-0.25, -0.2) is 0 Å². The predicted molar refractivity (Wildman–Crippen MR) is 48.6 cm³/mol. The van der Waals surface area contributed by atoms with Crippen LogP contribution in [0.15, 0.2) is 25.3 Å².